The van der Waals surface area contributed by atoms with Crippen LogP contribution in [0.2, 0.25) is 0 Å². The fraction of sp³-hybridized carbons (Fsp3) is 0.387. The first-order valence-corrected chi connectivity index (χ1v) is 47.1. The number of esters is 2. The van der Waals surface area contributed by atoms with Gasteiger partial charge in [0.05, 0.1) is 7.11 Å². The Balaban J connectivity index is 0.000000148. The number of nitrogens with one attached hydrogen (secondary N) is 2. The second-order valence-corrected chi connectivity index (χ2v) is 37.0. The Morgan fingerprint density at radius 2 is 0.872 bits per heavy atom. The lowest BCUT2D eigenvalue weighted by molar-refractivity contribution is -0.144. The van der Waals surface area contributed by atoms with Gasteiger partial charge in [0.15, 0.2) is 22.9 Å². The molecular weight excluding hydrogens is 1670 g/mol. The lowest BCUT2D eigenvalue weighted by Crippen LogP contribution is -2.57. The van der Waals surface area contributed by atoms with E-state index in [1.807, 2.05) is 102 Å². The lowest BCUT2D eigenvalue weighted by Gasteiger charge is -2.43. The van der Waals surface area contributed by atoms with Crippen LogP contribution in [-0.4, -0.2) is 130 Å². The number of carbonyl (C=O) groups excluding carboxylic acids is 5. The van der Waals surface area contributed by atoms with E-state index in [1.165, 1.54) is 92.2 Å². The van der Waals surface area contributed by atoms with Gasteiger partial charge in [-0.05, 0) is 213 Å². The number of amides is 3. The summed E-state index contributed by atoms with van der Waals surface area (Å²) in [7, 11) is 1.25. The van der Waals surface area contributed by atoms with Gasteiger partial charge in [0.1, 0.15) is 45.4 Å². The van der Waals surface area contributed by atoms with Gasteiger partial charge in [0, 0.05) is 80.8 Å². The summed E-state index contributed by atoms with van der Waals surface area (Å²) in [5.41, 5.74) is 25.2. The molecule has 6 heterocycles. The number of carbonyl (C=O) groups is 6. The average molecular weight is 1800 g/mol. The Bertz CT molecular complexity index is 5720. The van der Waals surface area contributed by atoms with Crippen LogP contribution in [0.25, 0.3) is 33.4 Å². The topological polar surface area (TPSA) is 256 Å². The molecule has 8 atom stereocenters. The number of carboxylic acid groups (broad SMARTS) is 1. The minimum atomic E-state index is -0.741. The average Bonchev–Trinajstić information content (AvgIpc) is 1.74. The largest absolute Gasteiger partial charge is 0.482 e. The third kappa shape index (κ3) is 25.1. The zero-order valence-electron chi connectivity index (χ0n) is 78.7. The molecule has 0 spiro atoms. The van der Waals surface area contributed by atoms with Gasteiger partial charge >= 0.3 is 30.1 Å². The maximum atomic E-state index is 13.7. The van der Waals surface area contributed by atoms with Gasteiger partial charge in [-0.15, -0.1) is 0 Å². The summed E-state index contributed by atoms with van der Waals surface area (Å²) in [4.78, 5) is 105. The summed E-state index contributed by atoms with van der Waals surface area (Å²) in [6.07, 6.45) is 17.9. The fourth-order valence-corrected chi connectivity index (χ4v) is 18.7. The number of aromatic nitrogens is 2. The Hall–Kier alpha value is -13.2. The van der Waals surface area contributed by atoms with Crippen molar-refractivity contribution in [3.05, 3.63) is 330 Å². The summed E-state index contributed by atoms with van der Waals surface area (Å²) >= 11 is 0. The number of ether oxygens (including phenoxy) is 6. The van der Waals surface area contributed by atoms with E-state index in [4.69, 9.17) is 33.5 Å². The quantitative estimate of drug-likeness (QED) is 0.0259. The molecule has 3 saturated heterocycles. The molecule has 22 heteroatoms. The van der Waals surface area contributed by atoms with Gasteiger partial charge in [-0.1, -0.05) is 264 Å². The van der Waals surface area contributed by atoms with Crippen LogP contribution in [0.4, 0.5) is 9.59 Å². The van der Waals surface area contributed by atoms with Crippen LogP contribution in [0.5, 0.6) is 11.5 Å². The van der Waals surface area contributed by atoms with Crippen LogP contribution < -0.4 is 31.2 Å². The molecule has 2 unspecified atom stereocenters. The van der Waals surface area contributed by atoms with Crippen molar-refractivity contribution in [2.75, 3.05) is 57.4 Å². The van der Waals surface area contributed by atoms with E-state index >= 15 is 0 Å². The normalized spacial score (nSPS) is 17.9. The van der Waals surface area contributed by atoms with E-state index in [-0.39, 0.29) is 114 Å². The molecule has 3 N–H and O–H groups in total. The molecule has 3 amide bonds. The number of hydrogen-bond donors (Lipinski definition) is 3. The number of carboxylic acids is 1. The van der Waals surface area contributed by atoms with Gasteiger partial charge < -0.3 is 54.2 Å². The van der Waals surface area contributed by atoms with Crippen LogP contribution >= 0.6 is 0 Å². The van der Waals surface area contributed by atoms with Crippen molar-refractivity contribution >= 4 is 36.0 Å². The second kappa shape index (κ2) is 46.7. The first-order valence-electron chi connectivity index (χ1n) is 47.1. The minimum absolute atomic E-state index is 0.0272. The molecular formula is C111H129N7O15. The predicted octanol–water partition coefficient (Wildman–Crippen LogP) is 22.4. The van der Waals surface area contributed by atoms with Gasteiger partial charge in [-0.25, -0.2) is 14.4 Å². The van der Waals surface area contributed by atoms with Crippen molar-refractivity contribution in [3.63, 3.8) is 0 Å². The van der Waals surface area contributed by atoms with Crippen molar-refractivity contribution in [3.8, 4) is 44.9 Å². The van der Waals surface area contributed by atoms with Crippen molar-refractivity contribution in [1.29, 1.82) is 0 Å². The Morgan fingerprint density at radius 3 is 1.35 bits per heavy atom. The van der Waals surface area contributed by atoms with Crippen molar-refractivity contribution in [2.45, 2.75) is 202 Å². The highest BCUT2D eigenvalue weighted by Crippen LogP contribution is 2.48. The molecule has 0 bridgehead atoms. The van der Waals surface area contributed by atoms with Gasteiger partial charge in [-0.3, -0.25) is 38.2 Å². The standard InChI is InChI=1S/C35H35N3O6.C25H30O2.C22H25NO2.C19H21N3O3.C10H18O2/c1-23-16-17-31(36-38-19-18-30(39)33(32(38)34(40)42-2)43-21-24-10-4-3-5-11-24)37(20-23)35(41)44-22-29-27-14-8-6-12-25(27)26-13-7-9-15-28(26)29;1-18(2)9-8-10-19(3)15-16-25(26)27-17-24-22-13-6-4-11-20(22)21-12-5-7-14-23(21)24;1-15-11-12-16(2)23(13-15)22(24)25-14-21-19-9-5-3-7-17(19)18-8-4-6-10-20(18)21;1-13-7-8-16-20-22-10-9-15(23)18(17(22)19(24)21(16)11-13)25-12-14-5-3-2-4-6-14;1-8(2)5-4-6-9(3)7-10(11)12/h3-15,18-19,23,29,31,36H,16-17,20-22H2,1-2H3;4-7,9,11-14,19,24H,8,10,15-17H2,1-3H3;3-10,15-16,21H,11-14H2,1-2H3;2-6,9-10,13,16,20H,7-8,11-12H2,1H3;5,9H,4,6-7H2,1-3H3,(H,11,12)/t23-,31?;19-;15-,16?;13-,16+;9-/m11111/s1. The highest BCUT2D eigenvalue weighted by atomic mass is 16.6. The lowest BCUT2D eigenvalue weighted by atomic mass is 9.95. The summed E-state index contributed by atoms with van der Waals surface area (Å²) in [5, 5.41) is 8.48. The third-order valence-electron chi connectivity index (χ3n) is 26.0. The number of likely N-dealkylation sites (tertiary alicyclic amines) is 2. The number of rotatable bonds is 26. The van der Waals surface area contributed by atoms with E-state index in [0.717, 1.165) is 97.7 Å². The van der Waals surface area contributed by atoms with Gasteiger partial charge in [-0.2, -0.15) is 0 Å². The molecule has 10 aromatic rings. The molecule has 0 saturated carbocycles. The third-order valence-corrected chi connectivity index (χ3v) is 26.0. The van der Waals surface area contributed by atoms with E-state index in [1.54, 1.807) is 15.8 Å². The number of hydrogen-bond acceptors (Lipinski definition) is 16. The first-order chi connectivity index (χ1) is 64.3. The van der Waals surface area contributed by atoms with Crippen molar-refractivity contribution in [1.82, 2.24) is 24.1 Å². The first kappa shape index (κ1) is 97.3. The molecule has 133 heavy (non-hydrogen) atoms. The molecule has 4 aliphatic heterocycles. The maximum absolute atomic E-state index is 13.7. The van der Waals surface area contributed by atoms with Crippen molar-refractivity contribution < 1.29 is 62.3 Å². The fourth-order valence-electron chi connectivity index (χ4n) is 18.7. The van der Waals surface area contributed by atoms with Crippen molar-refractivity contribution in [2.24, 2.45) is 29.6 Å². The number of fused-ring (bicyclic) bond motifs is 11. The summed E-state index contributed by atoms with van der Waals surface area (Å²) in [6.45, 7) is 24.5. The van der Waals surface area contributed by atoms with Crippen LogP contribution in [0.3, 0.4) is 0 Å². The molecule has 3 aliphatic carbocycles. The minimum Gasteiger partial charge on any atom is -0.482 e. The van der Waals surface area contributed by atoms with Crippen LogP contribution in [0.15, 0.2) is 264 Å². The number of pyridine rings is 2. The number of benzene rings is 8. The molecule has 2 aromatic heterocycles. The zero-order chi connectivity index (χ0) is 94.2. The molecule has 0 radical (unpaired) electrons. The van der Waals surface area contributed by atoms with Crippen LogP contribution in [0, 0.1) is 29.6 Å². The number of aliphatic carboxylic acids is 1. The Kier molecular flexibility index (Phi) is 34.2. The highest BCUT2D eigenvalue weighted by molar-refractivity contribution is 5.96. The van der Waals surface area contributed by atoms with E-state index in [9.17, 15) is 38.4 Å². The SMILES string of the molecule is CC(C)=CCC[C@@H](C)CC(=O)O.CC(C)=CCC[C@@H](C)CCC(=O)OCC1c2ccccc2-c2ccccc21.CC1CC[C@@H](C)CN1C(=O)OCC1c2ccccc2-c2ccccc21.COC(=O)c1c(OCc2ccccc2)c(=O)ccn1NC1CC[C@@H](C)CN1C(=O)OCC1c2ccccc2-c2ccccc21.C[C@@H]1CC[C@H]2Nn3ccc(=O)c(OCc4ccccc4)c3C(=O)N2C1. The monoisotopic (exact) mass is 1800 g/mol. The maximum Gasteiger partial charge on any atom is 0.411 e. The van der Waals surface area contributed by atoms with E-state index in [2.05, 4.69) is 207 Å². The Labute approximate surface area is 782 Å². The van der Waals surface area contributed by atoms with E-state index in [0.29, 0.717) is 56.9 Å². The zero-order valence-corrected chi connectivity index (χ0v) is 78.7. The molecule has 7 aliphatic rings. The molecule has 17 rings (SSSR count). The molecule has 22 nitrogen and oxygen atoms in total. The number of piperidine rings is 3. The number of methoxy groups -OCH3 is 1. The van der Waals surface area contributed by atoms with Gasteiger partial charge in [0.2, 0.25) is 10.9 Å². The van der Waals surface area contributed by atoms with Crippen LogP contribution in [0.1, 0.15) is 236 Å². The predicted molar refractivity (Wildman–Crippen MR) is 522 cm³/mol. The highest BCUT2D eigenvalue weighted by Gasteiger charge is 2.41. The molecule has 8 aromatic carbocycles. The van der Waals surface area contributed by atoms with E-state index < -0.39 is 29.6 Å². The summed E-state index contributed by atoms with van der Waals surface area (Å²) in [5.74, 6) is 0.644. The molecule has 698 valence electrons. The summed E-state index contributed by atoms with van der Waals surface area (Å²) in [6, 6.07) is 72.2. The second-order valence-electron chi connectivity index (χ2n) is 37.0. The number of allylic oxidation sites excluding steroid dienone is 4. The van der Waals surface area contributed by atoms with Gasteiger partial charge in [0.25, 0.3) is 5.91 Å². The molecule has 3 fully saturated rings. The number of nitrogens with zero attached hydrogens (tertiary/aromatic N) is 5. The Morgan fingerprint density at radius 1 is 0.466 bits per heavy atom. The van der Waals surface area contributed by atoms with Crippen LogP contribution in [-0.2, 0) is 41.8 Å². The summed E-state index contributed by atoms with van der Waals surface area (Å²) < 4.78 is 37.2. The smallest absolute Gasteiger partial charge is 0.411 e.